The van der Waals surface area contributed by atoms with Gasteiger partial charge in [-0.25, -0.2) is 0 Å². The molecule has 0 saturated carbocycles. The zero-order chi connectivity index (χ0) is 20.0. The van der Waals surface area contributed by atoms with Gasteiger partial charge in [0.15, 0.2) is 0 Å². The van der Waals surface area contributed by atoms with Gasteiger partial charge in [0.25, 0.3) is 5.91 Å². The van der Waals surface area contributed by atoms with Crippen LogP contribution in [0, 0.1) is 6.92 Å². The maximum Gasteiger partial charge on any atom is 0.303 e. The third-order valence-corrected chi connectivity index (χ3v) is 5.22. The smallest absolute Gasteiger partial charge is 0.303 e. The summed E-state index contributed by atoms with van der Waals surface area (Å²) < 4.78 is 0. The van der Waals surface area contributed by atoms with E-state index in [1.54, 1.807) is 24.3 Å². The third-order valence-electron chi connectivity index (χ3n) is 3.92. The fourth-order valence-corrected chi connectivity index (χ4v) is 4.03. The molecule has 0 aliphatic heterocycles. The number of aliphatic carboxylic acids is 1. The van der Waals surface area contributed by atoms with Crippen molar-refractivity contribution < 1.29 is 19.5 Å². The zero-order valence-corrected chi connectivity index (χ0v) is 16.7. The summed E-state index contributed by atoms with van der Waals surface area (Å²) in [5.74, 6) is -1.57. The largest absolute Gasteiger partial charge is 0.481 e. The summed E-state index contributed by atoms with van der Waals surface area (Å²) in [7, 11) is 0. The quantitative estimate of drug-likeness (QED) is 0.589. The van der Waals surface area contributed by atoms with E-state index in [0.29, 0.717) is 27.7 Å². The van der Waals surface area contributed by atoms with Gasteiger partial charge in [-0.2, -0.15) is 0 Å². The fourth-order valence-electron chi connectivity index (χ4n) is 2.68. The average Bonchev–Trinajstić information content (AvgIpc) is 2.89. The van der Waals surface area contributed by atoms with Crippen LogP contribution < -0.4 is 10.6 Å². The molecule has 2 amide bonds. The molecule has 3 N–H and O–H groups in total. The Morgan fingerprint density at radius 2 is 1.93 bits per heavy atom. The molecule has 0 unspecified atom stereocenters. The van der Waals surface area contributed by atoms with Gasteiger partial charge >= 0.3 is 5.97 Å². The van der Waals surface area contributed by atoms with E-state index in [-0.39, 0.29) is 31.1 Å². The van der Waals surface area contributed by atoms with Crippen LogP contribution in [0.4, 0.5) is 10.7 Å². The lowest BCUT2D eigenvalue weighted by atomic mass is 10.1. The number of aryl methyl sites for hydroxylation is 1. The van der Waals surface area contributed by atoms with E-state index in [1.807, 2.05) is 13.8 Å². The minimum absolute atomic E-state index is 0.0702. The number of amides is 2. The second kappa shape index (κ2) is 9.53. The van der Waals surface area contributed by atoms with Crippen molar-refractivity contribution in [1.82, 2.24) is 0 Å². The van der Waals surface area contributed by atoms with Crippen LogP contribution in [0.15, 0.2) is 24.3 Å². The standard InChI is InChI=1S/C19H21ClN2O4S/c1-3-14-11(2)27-19(22-15(23)8-5-9-16(24)25)17(14)18(26)21-13-7-4-6-12(20)10-13/h4,6-7,10H,3,5,8-9H2,1-2H3,(H,21,26)(H,22,23)(H,24,25). The van der Waals surface area contributed by atoms with Gasteiger partial charge in [-0.05, 0) is 43.5 Å². The molecule has 6 nitrogen and oxygen atoms in total. The van der Waals surface area contributed by atoms with Crippen LogP contribution in [-0.4, -0.2) is 22.9 Å². The Hall–Kier alpha value is -2.38. The van der Waals surface area contributed by atoms with E-state index in [9.17, 15) is 14.4 Å². The van der Waals surface area contributed by atoms with Crippen molar-refractivity contribution in [3.05, 3.63) is 45.3 Å². The molecule has 0 fully saturated rings. The molecule has 0 aliphatic carbocycles. The van der Waals surface area contributed by atoms with Crippen LogP contribution in [-0.2, 0) is 16.0 Å². The molecule has 27 heavy (non-hydrogen) atoms. The Bertz CT molecular complexity index is 863. The molecule has 0 bridgehead atoms. The zero-order valence-electron chi connectivity index (χ0n) is 15.1. The molecule has 8 heteroatoms. The van der Waals surface area contributed by atoms with Crippen LogP contribution in [0.5, 0.6) is 0 Å². The molecule has 0 aliphatic rings. The first-order valence-corrected chi connectivity index (χ1v) is 9.72. The lowest BCUT2D eigenvalue weighted by molar-refractivity contribution is -0.137. The number of halogens is 1. The number of carboxylic acids is 1. The second-order valence-electron chi connectivity index (χ2n) is 5.95. The maximum atomic E-state index is 12.8. The first-order valence-electron chi connectivity index (χ1n) is 8.52. The van der Waals surface area contributed by atoms with Gasteiger partial charge in [0.2, 0.25) is 5.91 Å². The number of carboxylic acid groups (broad SMARTS) is 1. The molecule has 1 heterocycles. The summed E-state index contributed by atoms with van der Waals surface area (Å²) in [6.07, 6.45) is 0.908. The molecular weight excluding hydrogens is 388 g/mol. The monoisotopic (exact) mass is 408 g/mol. The molecule has 144 valence electrons. The Morgan fingerprint density at radius 3 is 2.56 bits per heavy atom. The van der Waals surface area contributed by atoms with E-state index in [2.05, 4.69) is 10.6 Å². The van der Waals surface area contributed by atoms with Crippen LogP contribution in [0.25, 0.3) is 0 Å². The Morgan fingerprint density at radius 1 is 1.19 bits per heavy atom. The molecule has 0 saturated heterocycles. The summed E-state index contributed by atoms with van der Waals surface area (Å²) >= 11 is 7.30. The second-order valence-corrected chi connectivity index (χ2v) is 7.62. The van der Waals surface area contributed by atoms with Crippen molar-refractivity contribution in [3.8, 4) is 0 Å². The van der Waals surface area contributed by atoms with Gasteiger partial charge in [0.05, 0.1) is 5.56 Å². The SMILES string of the molecule is CCc1c(C)sc(NC(=O)CCCC(=O)O)c1C(=O)Nc1cccc(Cl)c1. The van der Waals surface area contributed by atoms with E-state index >= 15 is 0 Å². The number of nitrogens with one attached hydrogen (secondary N) is 2. The number of carbonyl (C=O) groups is 3. The number of thiophene rings is 1. The minimum Gasteiger partial charge on any atom is -0.481 e. The molecule has 1 aromatic heterocycles. The first kappa shape index (κ1) is 20.9. The van der Waals surface area contributed by atoms with Crippen LogP contribution in [0.2, 0.25) is 5.02 Å². The summed E-state index contributed by atoms with van der Waals surface area (Å²) in [4.78, 5) is 36.5. The molecular formula is C19H21ClN2O4S. The van der Waals surface area contributed by atoms with Crippen LogP contribution in [0.1, 0.15) is 47.0 Å². The molecule has 0 radical (unpaired) electrons. The van der Waals surface area contributed by atoms with Gasteiger partial charge in [0, 0.05) is 28.4 Å². The lowest BCUT2D eigenvalue weighted by Crippen LogP contribution is -2.18. The molecule has 2 rings (SSSR count). The number of hydrogen-bond acceptors (Lipinski definition) is 4. The summed E-state index contributed by atoms with van der Waals surface area (Å²) in [5, 5.41) is 15.2. The highest BCUT2D eigenvalue weighted by molar-refractivity contribution is 7.16. The highest BCUT2D eigenvalue weighted by Gasteiger charge is 2.22. The Balaban J connectivity index is 2.20. The Labute approximate surface area is 166 Å². The van der Waals surface area contributed by atoms with Crippen molar-refractivity contribution in [2.45, 2.75) is 39.5 Å². The van der Waals surface area contributed by atoms with Crippen LogP contribution in [0.3, 0.4) is 0 Å². The minimum atomic E-state index is -0.940. The highest BCUT2D eigenvalue weighted by atomic mass is 35.5. The van der Waals surface area contributed by atoms with Crippen LogP contribution >= 0.6 is 22.9 Å². The van der Waals surface area contributed by atoms with Crippen molar-refractivity contribution in [1.29, 1.82) is 0 Å². The molecule has 2 aromatic rings. The topological polar surface area (TPSA) is 95.5 Å². The molecule has 0 spiro atoms. The molecule has 0 atom stereocenters. The number of carbonyl (C=O) groups excluding carboxylic acids is 2. The van der Waals surface area contributed by atoms with Gasteiger partial charge < -0.3 is 15.7 Å². The van der Waals surface area contributed by atoms with Crippen molar-refractivity contribution in [2.24, 2.45) is 0 Å². The number of rotatable bonds is 8. The van der Waals surface area contributed by atoms with Gasteiger partial charge in [-0.15, -0.1) is 11.3 Å². The first-order chi connectivity index (χ1) is 12.8. The van der Waals surface area contributed by atoms with E-state index in [1.165, 1.54) is 11.3 Å². The normalized spacial score (nSPS) is 10.5. The lowest BCUT2D eigenvalue weighted by Gasteiger charge is -2.10. The van der Waals surface area contributed by atoms with Crippen molar-refractivity contribution in [3.63, 3.8) is 0 Å². The van der Waals surface area contributed by atoms with Crippen molar-refractivity contribution >= 4 is 51.4 Å². The van der Waals surface area contributed by atoms with Gasteiger partial charge in [-0.1, -0.05) is 24.6 Å². The number of anilines is 2. The summed E-state index contributed by atoms with van der Waals surface area (Å²) in [6.45, 7) is 3.85. The van der Waals surface area contributed by atoms with E-state index in [4.69, 9.17) is 16.7 Å². The average molecular weight is 409 g/mol. The van der Waals surface area contributed by atoms with Gasteiger partial charge in [-0.3, -0.25) is 14.4 Å². The molecule has 1 aromatic carbocycles. The maximum absolute atomic E-state index is 12.8. The number of benzene rings is 1. The Kier molecular flexibility index (Phi) is 7.38. The van der Waals surface area contributed by atoms with Crippen molar-refractivity contribution in [2.75, 3.05) is 10.6 Å². The van der Waals surface area contributed by atoms with E-state index in [0.717, 1.165) is 10.4 Å². The number of hydrogen-bond donors (Lipinski definition) is 3. The predicted octanol–water partition coefficient (Wildman–Crippen LogP) is 4.72. The third kappa shape index (κ3) is 5.80. The van der Waals surface area contributed by atoms with E-state index < -0.39 is 5.97 Å². The fraction of sp³-hybridized carbons (Fsp3) is 0.316. The summed E-state index contributed by atoms with van der Waals surface area (Å²) in [5.41, 5.74) is 1.88. The van der Waals surface area contributed by atoms with Gasteiger partial charge in [0.1, 0.15) is 5.00 Å². The summed E-state index contributed by atoms with van der Waals surface area (Å²) in [6, 6.07) is 6.84. The predicted molar refractivity (Wildman–Crippen MR) is 108 cm³/mol. The highest BCUT2D eigenvalue weighted by Crippen LogP contribution is 2.34.